The number of fused-ring (bicyclic) bond motifs is 1. The Labute approximate surface area is 113 Å². The SMILES string of the molecule is Cc1cc(COc2cc3ccc(C(=O)O)cc3o2)no1. The smallest absolute Gasteiger partial charge is 0.335 e. The summed E-state index contributed by atoms with van der Waals surface area (Å²) in [6.07, 6.45) is 0. The van der Waals surface area contributed by atoms with Gasteiger partial charge in [0.25, 0.3) is 5.95 Å². The number of carboxylic acids is 1. The maximum Gasteiger partial charge on any atom is 0.335 e. The van der Waals surface area contributed by atoms with Crippen LogP contribution >= 0.6 is 0 Å². The number of rotatable bonds is 4. The lowest BCUT2D eigenvalue weighted by molar-refractivity contribution is 0.0697. The van der Waals surface area contributed by atoms with E-state index >= 15 is 0 Å². The van der Waals surface area contributed by atoms with E-state index in [1.54, 1.807) is 25.1 Å². The van der Waals surface area contributed by atoms with Gasteiger partial charge in [0, 0.05) is 17.5 Å². The van der Waals surface area contributed by atoms with Crippen LogP contribution in [0, 0.1) is 6.92 Å². The molecular formula is C14H11NO5. The zero-order valence-electron chi connectivity index (χ0n) is 10.6. The van der Waals surface area contributed by atoms with Gasteiger partial charge in [-0.05, 0) is 19.1 Å². The van der Waals surface area contributed by atoms with Crippen LogP contribution in [0.15, 0.2) is 39.3 Å². The minimum atomic E-state index is -0.996. The number of aryl methyl sites for hydroxylation is 1. The van der Waals surface area contributed by atoms with Gasteiger partial charge in [-0.25, -0.2) is 4.79 Å². The van der Waals surface area contributed by atoms with Crippen molar-refractivity contribution in [3.8, 4) is 5.95 Å². The molecule has 3 aromatic rings. The minimum Gasteiger partial charge on any atom is -0.478 e. The fraction of sp³-hybridized carbons (Fsp3) is 0.143. The number of nitrogens with zero attached hydrogens (tertiary/aromatic N) is 1. The number of aromatic nitrogens is 1. The van der Waals surface area contributed by atoms with Crippen LogP contribution in [0.1, 0.15) is 21.8 Å². The van der Waals surface area contributed by atoms with Gasteiger partial charge in [0.05, 0.1) is 5.56 Å². The summed E-state index contributed by atoms with van der Waals surface area (Å²) in [7, 11) is 0. The first-order valence-electron chi connectivity index (χ1n) is 5.94. The Kier molecular flexibility index (Phi) is 2.90. The van der Waals surface area contributed by atoms with Crippen LogP contribution in [0.5, 0.6) is 5.95 Å². The van der Waals surface area contributed by atoms with Gasteiger partial charge in [-0.2, -0.15) is 0 Å². The van der Waals surface area contributed by atoms with Crippen molar-refractivity contribution in [3.63, 3.8) is 0 Å². The molecule has 0 bridgehead atoms. The van der Waals surface area contributed by atoms with Crippen molar-refractivity contribution >= 4 is 16.9 Å². The maximum absolute atomic E-state index is 10.9. The van der Waals surface area contributed by atoms with E-state index in [4.69, 9.17) is 18.8 Å². The van der Waals surface area contributed by atoms with Crippen LogP contribution < -0.4 is 4.74 Å². The van der Waals surface area contributed by atoms with Crippen LogP contribution in [0.3, 0.4) is 0 Å². The highest BCUT2D eigenvalue weighted by atomic mass is 16.6. The number of ether oxygens (including phenoxy) is 1. The Morgan fingerprint density at radius 1 is 1.35 bits per heavy atom. The Balaban J connectivity index is 1.80. The van der Waals surface area contributed by atoms with Crippen LogP contribution in [-0.4, -0.2) is 16.2 Å². The highest BCUT2D eigenvalue weighted by Crippen LogP contribution is 2.26. The van der Waals surface area contributed by atoms with Crippen LogP contribution in [0.4, 0.5) is 0 Å². The van der Waals surface area contributed by atoms with Gasteiger partial charge in [0.2, 0.25) is 0 Å². The van der Waals surface area contributed by atoms with Crippen molar-refractivity contribution in [2.24, 2.45) is 0 Å². The summed E-state index contributed by atoms with van der Waals surface area (Å²) in [6.45, 7) is 2.02. The van der Waals surface area contributed by atoms with E-state index in [0.717, 1.165) is 5.39 Å². The van der Waals surface area contributed by atoms with Crippen molar-refractivity contribution in [1.29, 1.82) is 0 Å². The summed E-state index contributed by atoms with van der Waals surface area (Å²) in [6, 6.07) is 8.13. The quantitative estimate of drug-likeness (QED) is 0.786. The van der Waals surface area contributed by atoms with E-state index in [1.165, 1.54) is 12.1 Å². The molecule has 102 valence electrons. The van der Waals surface area contributed by atoms with Crippen molar-refractivity contribution in [2.75, 3.05) is 0 Å². The number of benzene rings is 1. The molecule has 1 N–H and O–H groups in total. The van der Waals surface area contributed by atoms with Crippen molar-refractivity contribution in [3.05, 3.63) is 47.3 Å². The number of furan rings is 1. The summed E-state index contributed by atoms with van der Waals surface area (Å²) >= 11 is 0. The third-order valence-electron chi connectivity index (χ3n) is 2.78. The molecule has 2 heterocycles. The molecule has 0 aliphatic rings. The minimum absolute atomic E-state index is 0.172. The van der Waals surface area contributed by atoms with Crippen LogP contribution in [0.25, 0.3) is 11.0 Å². The molecule has 1 aromatic carbocycles. The van der Waals surface area contributed by atoms with Crippen molar-refractivity contribution in [2.45, 2.75) is 13.5 Å². The number of aromatic carboxylic acids is 1. The summed E-state index contributed by atoms with van der Waals surface area (Å²) in [4.78, 5) is 10.9. The molecule has 20 heavy (non-hydrogen) atoms. The zero-order valence-corrected chi connectivity index (χ0v) is 10.6. The lowest BCUT2D eigenvalue weighted by Gasteiger charge is -1.97. The van der Waals surface area contributed by atoms with Gasteiger partial charge < -0.3 is 18.8 Å². The van der Waals surface area contributed by atoms with E-state index < -0.39 is 5.97 Å². The highest BCUT2D eigenvalue weighted by molar-refractivity contribution is 5.92. The molecule has 0 aliphatic heterocycles. The Morgan fingerprint density at radius 2 is 2.20 bits per heavy atom. The molecule has 0 radical (unpaired) electrons. The Bertz CT molecular complexity index is 771. The van der Waals surface area contributed by atoms with Gasteiger partial charge in [0.1, 0.15) is 23.6 Å². The van der Waals surface area contributed by atoms with E-state index in [2.05, 4.69) is 5.16 Å². The standard InChI is InChI=1S/C14H11NO5/c1-8-4-11(15-20-8)7-18-13-6-9-2-3-10(14(16)17)5-12(9)19-13/h2-6H,7H2,1H3,(H,16,17). The molecule has 0 atom stereocenters. The van der Waals surface area contributed by atoms with E-state index in [-0.39, 0.29) is 12.2 Å². The van der Waals surface area contributed by atoms with E-state index in [1.807, 2.05) is 0 Å². The second-order valence-electron chi connectivity index (χ2n) is 4.34. The number of hydrogen-bond donors (Lipinski definition) is 1. The van der Waals surface area contributed by atoms with Gasteiger partial charge in [-0.1, -0.05) is 11.2 Å². The van der Waals surface area contributed by atoms with Gasteiger partial charge in [-0.3, -0.25) is 0 Å². The molecule has 0 saturated heterocycles. The molecule has 6 nitrogen and oxygen atoms in total. The topological polar surface area (TPSA) is 85.7 Å². The van der Waals surface area contributed by atoms with Gasteiger partial charge >= 0.3 is 5.97 Å². The van der Waals surface area contributed by atoms with E-state index in [9.17, 15) is 4.79 Å². The molecule has 0 aliphatic carbocycles. The third kappa shape index (κ3) is 2.35. The summed E-state index contributed by atoms with van der Waals surface area (Å²) in [5.74, 6) is 0.0198. The number of carboxylic acid groups (broad SMARTS) is 1. The van der Waals surface area contributed by atoms with Crippen molar-refractivity contribution in [1.82, 2.24) is 5.16 Å². The second-order valence-corrected chi connectivity index (χ2v) is 4.34. The lowest BCUT2D eigenvalue weighted by atomic mass is 10.2. The van der Waals surface area contributed by atoms with Crippen LogP contribution in [0.2, 0.25) is 0 Å². The van der Waals surface area contributed by atoms with Crippen molar-refractivity contribution < 1.29 is 23.6 Å². The number of carbonyl (C=O) groups is 1. The lowest BCUT2D eigenvalue weighted by Crippen LogP contribution is -1.94. The maximum atomic E-state index is 10.9. The van der Waals surface area contributed by atoms with E-state index in [0.29, 0.717) is 23.0 Å². The fourth-order valence-electron chi connectivity index (χ4n) is 1.84. The number of hydrogen-bond acceptors (Lipinski definition) is 5. The molecule has 2 aromatic heterocycles. The molecular weight excluding hydrogens is 262 g/mol. The Hall–Kier alpha value is -2.76. The summed E-state index contributed by atoms with van der Waals surface area (Å²) in [5.41, 5.74) is 1.30. The first-order chi connectivity index (χ1) is 9.61. The summed E-state index contributed by atoms with van der Waals surface area (Å²) < 4.78 is 15.8. The molecule has 0 saturated carbocycles. The highest BCUT2D eigenvalue weighted by Gasteiger charge is 2.10. The third-order valence-corrected chi connectivity index (χ3v) is 2.78. The molecule has 3 rings (SSSR count). The normalized spacial score (nSPS) is 10.8. The van der Waals surface area contributed by atoms with Gasteiger partial charge in [0.15, 0.2) is 0 Å². The first-order valence-corrected chi connectivity index (χ1v) is 5.94. The zero-order chi connectivity index (χ0) is 14.1. The predicted molar refractivity (Wildman–Crippen MR) is 68.7 cm³/mol. The second kappa shape index (κ2) is 4.73. The Morgan fingerprint density at radius 3 is 2.90 bits per heavy atom. The average Bonchev–Trinajstić information content (AvgIpc) is 3.00. The summed E-state index contributed by atoms with van der Waals surface area (Å²) in [5, 5.41) is 13.5. The van der Waals surface area contributed by atoms with Crippen LogP contribution in [-0.2, 0) is 6.61 Å². The predicted octanol–water partition coefficient (Wildman–Crippen LogP) is 3.01. The molecule has 0 fully saturated rings. The molecule has 0 spiro atoms. The molecule has 6 heteroatoms. The molecule has 0 unspecified atom stereocenters. The fourth-order valence-corrected chi connectivity index (χ4v) is 1.84. The first kappa shape index (κ1) is 12.3. The largest absolute Gasteiger partial charge is 0.478 e. The monoisotopic (exact) mass is 273 g/mol. The average molecular weight is 273 g/mol. The molecule has 0 amide bonds. The van der Waals surface area contributed by atoms with Gasteiger partial charge in [-0.15, -0.1) is 0 Å².